The highest BCUT2D eigenvalue weighted by atomic mass is 15.3. The molecule has 0 spiro atoms. The third kappa shape index (κ3) is 2.85. The molecule has 1 fully saturated rings. The number of rotatable bonds is 4. The van der Waals surface area contributed by atoms with Crippen LogP contribution in [0.25, 0.3) is 5.95 Å². The average Bonchev–Trinajstić information content (AvgIpc) is 3.29. The summed E-state index contributed by atoms with van der Waals surface area (Å²) in [6.07, 6.45) is 6.73. The van der Waals surface area contributed by atoms with Crippen molar-refractivity contribution in [3.63, 3.8) is 0 Å². The van der Waals surface area contributed by atoms with Crippen molar-refractivity contribution in [2.24, 2.45) is 0 Å². The molecule has 0 amide bonds. The highest BCUT2D eigenvalue weighted by molar-refractivity contribution is 5.20. The highest BCUT2D eigenvalue weighted by Crippen LogP contribution is 2.24. The van der Waals surface area contributed by atoms with Crippen molar-refractivity contribution < 1.29 is 0 Å². The molecule has 124 valence electrons. The van der Waals surface area contributed by atoms with Crippen molar-refractivity contribution in [2.45, 2.75) is 32.9 Å². The minimum atomic E-state index is 0.468. The molecule has 1 atom stereocenters. The first-order valence-electron chi connectivity index (χ1n) is 8.39. The van der Waals surface area contributed by atoms with Crippen LogP contribution in [0.4, 0.5) is 0 Å². The Balaban J connectivity index is 1.48. The van der Waals surface area contributed by atoms with Gasteiger partial charge >= 0.3 is 0 Å². The SMILES string of the molecule is Cc1cc(C)n(C2CCN(Cc3cccn3-c3ncccn3)C2)n1. The largest absolute Gasteiger partial charge is 0.295 e. The lowest BCUT2D eigenvalue weighted by Crippen LogP contribution is -2.23. The summed E-state index contributed by atoms with van der Waals surface area (Å²) in [5, 5.41) is 4.65. The van der Waals surface area contributed by atoms with E-state index in [9.17, 15) is 0 Å². The van der Waals surface area contributed by atoms with Gasteiger partial charge in [0.2, 0.25) is 5.95 Å². The summed E-state index contributed by atoms with van der Waals surface area (Å²) in [6.45, 7) is 7.22. The molecule has 0 aromatic carbocycles. The fourth-order valence-corrected chi connectivity index (χ4v) is 3.56. The summed E-state index contributed by atoms with van der Waals surface area (Å²) >= 11 is 0. The Bertz CT molecular complexity index is 819. The molecule has 6 heteroatoms. The zero-order valence-electron chi connectivity index (χ0n) is 14.1. The Morgan fingerprint density at radius 2 is 2.00 bits per heavy atom. The van der Waals surface area contributed by atoms with Crippen molar-refractivity contribution in [1.82, 2.24) is 29.2 Å². The van der Waals surface area contributed by atoms with E-state index in [2.05, 4.69) is 61.3 Å². The first-order chi connectivity index (χ1) is 11.7. The van der Waals surface area contributed by atoms with Crippen LogP contribution in [0.3, 0.4) is 0 Å². The van der Waals surface area contributed by atoms with Crippen LogP contribution in [0.5, 0.6) is 0 Å². The monoisotopic (exact) mass is 322 g/mol. The van der Waals surface area contributed by atoms with Crippen molar-refractivity contribution in [1.29, 1.82) is 0 Å². The third-order valence-corrected chi connectivity index (χ3v) is 4.62. The summed E-state index contributed by atoms with van der Waals surface area (Å²) in [6, 6.07) is 8.66. The van der Waals surface area contributed by atoms with Crippen molar-refractivity contribution >= 4 is 0 Å². The minimum absolute atomic E-state index is 0.468. The van der Waals surface area contributed by atoms with Gasteiger partial charge in [-0.2, -0.15) is 5.10 Å². The molecule has 1 aliphatic heterocycles. The van der Waals surface area contributed by atoms with Crippen LogP contribution in [0.2, 0.25) is 0 Å². The van der Waals surface area contributed by atoms with E-state index in [-0.39, 0.29) is 0 Å². The summed E-state index contributed by atoms with van der Waals surface area (Å²) in [5.41, 5.74) is 3.57. The molecule has 0 radical (unpaired) electrons. The first kappa shape index (κ1) is 15.1. The van der Waals surface area contributed by atoms with E-state index in [1.165, 1.54) is 11.4 Å². The van der Waals surface area contributed by atoms with Gasteiger partial charge in [0.05, 0.1) is 11.7 Å². The molecule has 0 saturated carbocycles. The number of nitrogens with zero attached hydrogens (tertiary/aromatic N) is 6. The Kier molecular flexibility index (Phi) is 3.90. The molecule has 1 aliphatic rings. The van der Waals surface area contributed by atoms with E-state index in [4.69, 9.17) is 0 Å². The molecule has 24 heavy (non-hydrogen) atoms. The van der Waals surface area contributed by atoms with E-state index < -0.39 is 0 Å². The number of aryl methyl sites for hydroxylation is 2. The van der Waals surface area contributed by atoms with Crippen molar-refractivity contribution in [3.05, 3.63) is 59.9 Å². The molecule has 0 aliphatic carbocycles. The summed E-state index contributed by atoms with van der Waals surface area (Å²) in [4.78, 5) is 11.2. The van der Waals surface area contributed by atoms with Crippen LogP contribution in [0, 0.1) is 13.8 Å². The number of hydrogen-bond donors (Lipinski definition) is 0. The summed E-state index contributed by atoms with van der Waals surface area (Å²) in [5.74, 6) is 0.729. The molecule has 1 unspecified atom stereocenters. The lowest BCUT2D eigenvalue weighted by atomic mass is 10.2. The fraction of sp³-hybridized carbons (Fsp3) is 0.389. The van der Waals surface area contributed by atoms with Gasteiger partial charge in [0.1, 0.15) is 0 Å². The van der Waals surface area contributed by atoms with Crippen molar-refractivity contribution in [2.75, 3.05) is 13.1 Å². The number of hydrogen-bond acceptors (Lipinski definition) is 4. The molecule has 6 nitrogen and oxygen atoms in total. The second kappa shape index (κ2) is 6.20. The number of aromatic nitrogens is 5. The lowest BCUT2D eigenvalue weighted by Gasteiger charge is -2.18. The first-order valence-corrected chi connectivity index (χ1v) is 8.39. The van der Waals surface area contributed by atoms with Gasteiger partial charge in [0.25, 0.3) is 0 Å². The lowest BCUT2D eigenvalue weighted by molar-refractivity contribution is 0.305. The maximum absolute atomic E-state index is 4.65. The fourth-order valence-electron chi connectivity index (χ4n) is 3.56. The van der Waals surface area contributed by atoms with Crippen LogP contribution in [0.15, 0.2) is 42.9 Å². The van der Waals surface area contributed by atoms with E-state index >= 15 is 0 Å². The second-order valence-electron chi connectivity index (χ2n) is 6.47. The predicted octanol–water partition coefficient (Wildman–Crippen LogP) is 2.53. The molecular formula is C18H22N6. The van der Waals surface area contributed by atoms with Gasteiger partial charge in [-0.1, -0.05) is 0 Å². The van der Waals surface area contributed by atoms with Gasteiger partial charge in [-0.05, 0) is 44.5 Å². The maximum atomic E-state index is 4.65. The van der Waals surface area contributed by atoms with Gasteiger partial charge in [-0.25, -0.2) is 9.97 Å². The third-order valence-electron chi connectivity index (χ3n) is 4.62. The highest BCUT2D eigenvalue weighted by Gasteiger charge is 2.26. The van der Waals surface area contributed by atoms with Crippen LogP contribution in [0.1, 0.15) is 29.5 Å². The van der Waals surface area contributed by atoms with Gasteiger partial charge < -0.3 is 0 Å². The molecule has 1 saturated heterocycles. The van der Waals surface area contributed by atoms with Gasteiger partial charge in [-0.3, -0.25) is 14.1 Å². The zero-order chi connectivity index (χ0) is 16.5. The molecule has 4 heterocycles. The van der Waals surface area contributed by atoms with Gasteiger partial charge in [0, 0.05) is 49.6 Å². The standard InChI is InChI=1S/C18H22N6/c1-14-11-15(2)24(21-14)17-6-10-22(13-17)12-16-5-3-9-23(16)18-19-7-4-8-20-18/h3-5,7-9,11,17H,6,10,12-13H2,1-2H3. The Morgan fingerprint density at radius 1 is 1.17 bits per heavy atom. The second-order valence-corrected chi connectivity index (χ2v) is 6.47. The predicted molar refractivity (Wildman–Crippen MR) is 92.0 cm³/mol. The molecule has 4 rings (SSSR count). The zero-order valence-corrected chi connectivity index (χ0v) is 14.1. The minimum Gasteiger partial charge on any atom is -0.295 e. The normalized spacial score (nSPS) is 18.3. The Labute approximate surface area is 141 Å². The van der Waals surface area contributed by atoms with E-state index in [0.29, 0.717) is 6.04 Å². The van der Waals surface area contributed by atoms with E-state index in [1.807, 2.05) is 12.3 Å². The van der Waals surface area contributed by atoms with Crippen LogP contribution >= 0.6 is 0 Å². The summed E-state index contributed by atoms with van der Waals surface area (Å²) < 4.78 is 4.26. The molecule has 3 aromatic rings. The Morgan fingerprint density at radius 3 is 2.75 bits per heavy atom. The summed E-state index contributed by atoms with van der Waals surface area (Å²) in [7, 11) is 0. The molecule has 3 aromatic heterocycles. The van der Waals surface area contributed by atoms with Crippen molar-refractivity contribution in [3.8, 4) is 5.95 Å². The van der Waals surface area contributed by atoms with E-state index in [0.717, 1.165) is 37.7 Å². The smallest absolute Gasteiger partial charge is 0.233 e. The molecular weight excluding hydrogens is 300 g/mol. The number of likely N-dealkylation sites (tertiary alicyclic amines) is 1. The van der Waals surface area contributed by atoms with E-state index in [1.54, 1.807) is 12.4 Å². The van der Waals surface area contributed by atoms with Crippen LogP contribution < -0.4 is 0 Å². The Hall–Kier alpha value is -2.47. The van der Waals surface area contributed by atoms with Gasteiger partial charge in [-0.15, -0.1) is 0 Å². The maximum Gasteiger partial charge on any atom is 0.233 e. The molecule has 0 bridgehead atoms. The quantitative estimate of drug-likeness (QED) is 0.741. The topological polar surface area (TPSA) is 51.8 Å². The average molecular weight is 322 g/mol. The van der Waals surface area contributed by atoms with Gasteiger partial charge in [0.15, 0.2) is 0 Å². The van der Waals surface area contributed by atoms with Crippen LogP contribution in [-0.4, -0.2) is 42.3 Å². The van der Waals surface area contributed by atoms with Crippen LogP contribution in [-0.2, 0) is 6.54 Å². The molecule has 0 N–H and O–H groups in total.